The molecule has 8 nitrogen and oxygen atoms in total. The third kappa shape index (κ3) is 5.40. The Bertz CT molecular complexity index is 1360. The Morgan fingerprint density at radius 1 is 1.03 bits per heavy atom. The molecule has 0 saturated carbocycles. The molecule has 0 fully saturated rings. The molecule has 186 valence electrons. The molecule has 0 saturated heterocycles. The minimum atomic E-state index is -4.52. The van der Waals surface area contributed by atoms with Gasteiger partial charge < -0.3 is 19.5 Å². The van der Waals surface area contributed by atoms with E-state index >= 15 is 0 Å². The maximum Gasteiger partial charge on any atom is 0.416 e. The number of nitrogens with zero attached hydrogens (tertiary/aromatic N) is 4. The Hall–Kier alpha value is -4.54. The summed E-state index contributed by atoms with van der Waals surface area (Å²) in [5.41, 5.74) is -0.0621. The van der Waals surface area contributed by atoms with Gasteiger partial charge in [0.2, 0.25) is 0 Å². The maximum absolute atomic E-state index is 13.3. The quantitative estimate of drug-likeness (QED) is 0.411. The van der Waals surface area contributed by atoms with E-state index in [1.54, 1.807) is 67.5 Å². The molecule has 4 aromatic rings. The summed E-state index contributed by atoms with van der Waals surface area (Å²) in [5.74, 6) is 0.0312. The Kier molecular flexibility index (Phi) is 6.82. The average Bonchev–Trinajstić information content (AvgIpc) is 3.53. The van der Waals surface area contributed by atoms with Gasteiger partial charge in [-0.15, -0.1) is 0 Å². The molecule has 0 radical (unpaired) electrons. The second-order valence-electron chi connectivity index (χ2n) is 7.99. The highest BCUT2D eigenvalue weighted by Gasteiger charge is 2.31. The van der Waals surface area contributed by atoms with Crippen molar-refractivity contribution < 1.29 is 27.5 Å². The van der Waals surface area contributed by atoms with Crippen LogP contribution < -0.4 is 10.1 Å². The lowest BCUT2D eigenvalue weighted by atomic mass is 10.2. The highest BCUT2D eigenvalue weighted by Crippen LogP contribution is 2.31. The molecule has 2 amide bonds. The monoisotopic (exact) mass is 497 g/mol. The van der Waals surface area contributed by atoms with Crippen LogP contribution >= 0.6 is 0 Å². The van der Waals surface area contributed by atoms with Crippen molar-refractivity contribution in [2.45, 2.75) is 6.18 Å². The number of hydrogen-bond donors (Lipinski definition) is 1. The van der Waals surface area contributed by atoms with E-state index in [1.807, 2.05) is 0 Å². The third-order valence-corrected chi connectivity index (χ3v) is 5.23. The summed E-state index contributed by atoms with van der Waals surface area (Å²) in [5, 5.41) is 6.96. The lowest BCUT2D eigenvalue weighted by Crippen LogP contribution is -2.27. The number of aromatic nitrogens is 3. The molecule has 0 unspecified atom stereocenters. The van der Waals surface area contributed by atoms with Crippen LogP contribution in [0.2, 0.25) is 0 Å². The first-order chi connectivity index (χ1) is 17.1. The van der Waals surface area contributed by atoms with Gasteiger partial charge in [0.1, 0.15) is 11.3 Å². The molecule has 11 heteroatoms. The second-order valence-corrected chi connectivity index (χ2v) is 7.99. The number of carbonyl (C=O) groups excluding carboxylic acids is 2. The number of halogens is 3. The molecule has 0 aliphatic carbocycles. The number of anilines is 1. The van der Waals surface area contributed by atoms with Crippen molar-refractivity contribution in [1.82, 2.24) is 19.2 Å². The number of hydrogen-bond acceptors (Lipinski definition) is 4. The molecule has 2 aromatic heterocycles. The van der Waals surface area contributed by atoms with E-state index in [0.717, 1.165) is 12.1 Å². The van der Waals surface area contributed by atoms with Gasteiger partial charge in [-0.05, 0) is 54.6 Å². The molecule has 0 aliphatic heterocycles. The molecule has 2 heterocycles. The number of amides is 2. The lowest BCUT2D eigenvalue weighted by Gasteiger charge is -2.13. The molecule has 1 N–H and O–H groups in total. The molecule has 0 bridgehead atoms. The van der Waals surface area contributed by atoms with E-state index in [0.29, 0.717) is 11.4 Å². The Balaban J connectivity index is 1.59. The van der Waals surface area contributed by atoms with Crippen molar-refractivity contribution in [3.63, 3.8) is 0 Å². The first kappa shape index (κ1) is 24.6. The highest BCUT2D eigenvalue weighted by molar-refractivity contribution is 6.06. The van der Waals surface area contributed by atoms with Crippen molar-refractivity contribution in [2.24, 2.45) is 0 Å². The van der Waals surface area contributed by atoms with Crippen LogP contribution in [0, 0.1) is 0 Å². The number of likely N-dealkylation sites (N-methyl/N-ethyl adjacent to an activating group) is 1. The van der Waals surface area contributed by atoms with E-state index in [9.17, 15) is 22.8 Å². The predicted molar refractivity (Wildman–Crippen MR) is 126 cm³/mol. The zero-order valence-electron chi connectivity index (χ0n) is 19.4. The number of nitrogens with one attached hydrogen (secondary N) is 1. The summed E-state index contributed by atoms with van der Waals surface area (Å²) in [7, 11) is 3.25. The van der Waals surface area contributed by atoms with Crippen LogP contribution in [0.1, 0.15) is 15.9 Å². The summed E-state index contributed by atoms with van der Waals surface area (Å²) < 4.78 is 48.1. The zero-order chi connectivity index (χ0) is 25.9. The summed E-state index contributed by atoms with van der Waals surface area (Å²) >= 11 is 0. The molecular formula is C25H22F3N5O3. The van der Waals surface area contributed by atoms with Crippen LogP contribution in [0.25, 0.3) is 11.5 Å². The van der Waals surface area contributed by atoms with Crippen LogP contribution in [0.3, 0.4) is 0 Å². The minimum Gasteiger partial charge on any atom is -0.484 e. The molecule has 36 heavy (non-hydrogen) atoms. The van der Waals surface area contributed by atoms with Gasteiger partial charge in [-0.25, -0.2) is 4.68 Å². The molecule has 0 spiro atoms. The molecule has 0 aliphatic rings. The average molecular weight is 497 g/mol. The van der Waals surface area contributed by atoms with Crippen LogP contribution in [0.4, 0.5) is 18.9 Å². The number of rotatable bonds is 7. The molecule has 4 rings (SSSR count). The first-order valence-electron chi connectivity index (χ1n) is 10.8. The third-order valence-electron chi connectivity index (χ3n) is 5.23. The fourth-order valence-corrected chi connectivity index (χ4v) is 3.34. The maximum atomic E-state index is 13.3. The Labute approximate surface area is 204 Å². The fraction of sp³-hybridized carbons (Fsp3) is 0.160. The van der Waals surface area contributed by atoms with Crippen LogP contribution in [0.5, 0.6) is 5.75 Å². The van der Waals surface area contributed by atoms with Gasteiger partial charge in [-0.1, -0.05) is 6.07 Å². The fourth-order valence-electron chi connectivity index (χ4n) is 3.34. The van der Waals surface area contributed by atoms with Crippen LogP contribution in [0.15, 0.2) is 79.3 Å². The number of carbonyl (C=O) groups is 2. The van der Waals surface area contributed by atoms with Gasteiger partial charge in [0.05, 0.1) is 17.4 Å². The Morgan fingerprint density at radius 2 is 1.72 bits per heavy atom. The van der Waals surface area contributed by atoms with E-state index < -0.39 is 17.6 Å². The minimum absolute atomic E-state index is 0.117. The van der Waals surface area contributed by atoms with E-state index in [2.05, 4.69) is 10.4 Å². The SMILES string of the molecule is CN(C)C(=O)COc1ccc(NC(=O)c2cnn(-c3cccc(C(F)(F)F)c3)c2-n2cccc2)cc1. The van der Waals surface area contributed by atoms with E-state index in [1.165, 1.54) is 27.9 Å². The number of alkyl halides is 3. The van der Waals surface area contributed by atoms with Gasteiger partial charge in [-0.3, -0.25) is 9.59 Å². The van der Waals surface area contributed by atoms with Crippen molar-refractivity contribution in [3.8, 4) is 17.3 Å². The summed E-state index contributed by atoms with van der Waals surface area (Å²) in [6, 6.07) is 14.6. The standard InChI is InChI=1S/C25H22F3N5O3/c1-31(2)22(34)16-36-20-10-8-18(9-11-20)30-23(35)21-15-29-33(24(21)32-12-3-4-13-32)19-7-5-6-17(14-19)25(26,27)28/h3-15H,16H2,1-2H3,(H,30,35). The largest absolute Gasteiger partial charge is 0.484 e. The van der Waals surface area contributed by atoms with Crippen molar-refractivity contribution in [1.29, 1.82) is 0 Å². The van der Waals surface area contributed by atoms with E-state index in [-0.39, 0.29) is 29.6 Å². The smallest absolute Gasteiger partial charge is 0.416 e. The van der Waals surface area contributed by atoms with Gasteiger partial charge in [0.25, 0.3) is 11.8 Å². The zero-order valence-corrected chi connectivity index (χ0v) is 19.4. The highest BCUT2D eigenvalue weighted by atomic mass is 19.4. The summed E-state index contributed by atoms with van der Waals surface area (Å²) in [6.45, 7) is -0.117. The normalized spacial score (nSPS) is 11.2. The number of benzene rings is 2. The van der Waals surface area contributed by atoms with Gasteiger partial charge in [0, 0.05) is 32.2 Å². The topological polar surface area (TPSA) is 81.4 Å². The molecule has 0 atom stereocenters. The van der Waals surface area contributed by atoms with Crippen molar-refractivity contribution in [3.05, 3.63) is 90.4 Å². The summed E-state index contributed by atoms with van der Waals surface area (Å²) in [4.78, 5) is 26.2. The van der Waals surface area contributed by atoms with Crippen molar-refractivity contribution >= 4 is 17.5 Å². The molecular weight excluding hydrogens is 475 g/mol. The van der Waals surface area contributed by atoms with Crippen LogP contribution in [-0.4, -0.2) is 51.8 Å². The summed E-state index contributed by atoms with van der Waals surface area (Å²) in [6.07, 6.45) is 0.111. The Morgan fingerprint density at radius 3 is 2.36 bits per heavy atom. The van der Waals surface area contributed by atoms with Gasteiger partial charge in [-0.2, -0.15) is 18.3 Å². The number of ether oxygens (including phenoxy) is 1. The lowest BCUT2D eigenvalue weighted by molar-refractivity contribution is -0.137. The van der Waals surface area contributed by atoms with Crippen molar-refractivity contribution in [2.75, 3.05) is 26.0 Å². The van der Waals surface area contributed by atoms with E-state index in [4.69, 9.17) is 4.74 Å². The van der Waals surface area contributed by atoms with Crippen LogP contribution in [-0.2, 0) is 11.0 Å². The second kappa shape index (κ2) is 9.98. The van der Waals surface area contributed by atoms with Gasteiger partial charge >= 0.3 is 6.18 Å². The molecule has 2 aromatic carbocycles. The van der Waals surface area contributed by atoms with Gasteiger partial charge in [0.15, 0.2) is 12.4 Å². The predicted octanol–water partition coefficient (Wildman–Crippen LogP) is 4.40. The first-order valence-corrected chi connectivity index (χ1v) is 10.8.